The molecule has 0 aliphatic carbocycles. The molecule has 1 aromatic carbocycles. The van der Waals surface area contributed by atoms with Gasteiger partial charge in [-0.2, -0.15) is 0 Å². The highest BCUT2D eigenvalue weighted by Gasteiger charge is 2.33. The third kappa shape index (κ3) is 2.49. The van der Waals surface area contributed by atoms with Crippen LogP contribution in [0, 0.1) is 5.92 Å². The number of hydrogen-bond acceptors (Lipinski definition) is 4. The summed E-state index contributed by atoms with van der Waals surface area (Å²) in [5, 5.41) is 0. The van der Waals surface area contributed by atoms with Crippen LogP contribution in [0.15, 0.2) is 27.4 Å². The van der Waals surface area contributed by atoms with Gasteiger partial charge in [0.15, 0.2) is 15.4 Å². The van der Waals surface area contributed by atoms with Gasteiger partial charge in [0.1, 0.15) is 0 Å². The van der Waals surface area contributed by atoms with Gasteiger partial charge in [0, 0.05) is 4.83 Å². The minimum Gasteiger partial charge on any atom is -0.408 e. The summed E-state index contributed by atoms with van der Waals surface area (Å²) >= 11 is 3.56. The van der Waals surface area contributed by atoms with Gasteiger partial charge in [-0.05, 0) is 30.0 Å². The van der Waals surface area contributed by atoms with E-state index in [2.05, 4.69) is 20.9 Å². The number of aromatic amines is 1. The molecule has 5 nitrogen and oxygen atoms in total. The van der Waals surface area contributed by atoms with E-state index in [0.717, 1.165) is 5.56 Å². The topological polar surface area (TPSA) is 80.1 Å². The fourth-order valence-electron chi connectivity index (χ4n) is 2.46. The molecule has 1 saturated heterocycles. The highest BCUT2D eigenvalue weighted by Crippen LogP contribution is 2.38. The van der Waals surface area contributed by atoms with Crippen molar-refractivity contribution in [1.29, 1.82) is 0 Å². The highest BCUT2D eigenvalue weighted by atomic mass is 79.9. The zero-order chi connectivity index (χ0) is 13.6. The summed E-state index contributed by atoms with van der Waals surface area (Å²) in [4.78, 5) is 13.6. The largest absolute Gasteiger partial charge is 0.417 e. The molecule has 0 radical (unpaired) electrons. The Hall–Kier alpha value is -1.08. The van der Waals surface area contributed by atoms with Crippen molar-refractivity contribution in [2.45, 2.75) is 11.2 Å². The van der Waals surface area contributed by atoms with Crippen LogP contribution in [-0.2, 0) is 9.84 Å². The Bertz CT molecular complexity index is 776. The SMILES string of the molecule is O=c1[nH]c2ccc(C(Br)C3CCS(=O)(=O)C3)cc2o1. The van der Waals surface area contributed by atoms with E-state index in [9.17, 15) is 13.2 Å². The van der Waals surface area contributed by atoms with Gasteiger partial charge in [-0.15, -0.1) is 0 Å². The lowest BCUT2D eigenvalue weighted by atomic mass is 9.98. The van der Waals surface area contributed by atoms with Gasteiger partial charge in [0.25, 0.3) is 0 Å². The van der Waals surface area contributed by atoms with Crippen molar-refractivity contribution < 1.29 is 12.8 Å². The number of sulfone groups is 1. The predicted octanol–water partition coefficient (Wildman–Crippen LogP) is 1.99. The standard InChI is InChI=1S/C12H12BrNO4S/c13-11(8-3-4-19(16,17)6-8)7-1-2-9-10(5-7)18-12(15)14-9/h1-2,5,8,11H,3-4,6H2,(H,14,15). The summed E-state index contributed by atoms with van der Waals surface area (Å²) in [6, 6.07) is 5.42. The van der Waals surface area contributed by atoms with E-state index >= 15 is 0 Å². The molecule has 2 unspecified atom stereocenters. The lowest BCUT2D eigenvalue weighted by Gasteiger charge is -2.16. The average molecular weight is 346 g/mol. The lowest BCUT2D eigenvalue weighted by molar-refractivity contribution is 0.553. The maximum absolute atomic E-state index is 11.5. The maximum Gasteiger partial charge on any atom is 0.417 e. The quantitative estimate of drug-likeness (QED) is 0.844. The monoisotopic (exact) mass is 345 g/mol. The number of benzene rings is 1. The normalized spacial score (nSPS) is 23.7. The molecule has 1 N–H and O–H groups in total. The first-order valence-electron chi connectivity index (χ1n) is 5.92. The molecule has 2 atom stereocenters. The first kappa shape index (κ1) is 12.9. The number of fused-ring (bicyclic) bond motifs is 1. The van der Waals surface area contributed by atoms with Crippen molar-refractivity contribution in [3.8, 4) is 0 Å². The van der Waals surface area contributed by atoms with Gasteiger partial charge in [0.2, 0.25) is 0 Å². The number of nitrogens with one attached hydrogen (secondary N) is 1. The predicted molar refractivity (Wildman–Crippen MR) is 75.3 cm³/mol. The number of aromatic nitrogens is 1. The van der Waals surface area contributed by atoms with Crippen LogP contribution >= 0.6 is 15.9 Å². The molecule has 1 aliphatic heterocycles. The third-order valence-electron chi connectivity index (χ3n) is 3.45. The Labute approximate surface area is 118 Å². The van der Waals surface area contributed by atoms with Crippen LogP contribution in [0.25, 0.3) is 11.1 Å². The molecule has 3 rings (SSSR count). The van der Waals surface area contributed by atoms with E-state index in [-0.39, 0.29) is 22.3 Å². The van der Waals surface area contributed by atoms with E-state index in [0.29, 0.717) is 17.5 Å². The molecule has 1 aromatic heterocycles. The van der Waals surface area contributed by atoms with Crippen LogP contribution in [0.3, 0.4) is 0 Å². The molecule has 0 bridgehead atoms. The number of alkyl halides is 1. The second kappa shape index (κ2) is 4.49. The van der Waals surface area contributed by atoms with Gasteiger partial charge in [-0.1, -0.05) is 22.0 Å². The summed E-state index contributed by atoms with van der Waals surface area (Å²) in [5.41, 5.74) is 2.07. The molecular formula is C12H12BrNO4S. The van der Waals surface area contributed by atoms with Gasteiger partial charge in [0.05, 0.1) is 17.0 Å². The molecule has 2 aromatic rings. The number of oxazole rings is 1. The number of hydrogen-bond donors (Lipinski definition) is 1. The fraction of sp³-hybridized carbons (Fsp3) is 0.417. The van der Waals surface area contributed by atoms with Gasteiger partial charge >= 0.3 is 5.76 Å². The fourth-order valence-corrected chi connectivity index (χ4v) is 5.28. The molecule has 0 spiro atoms. The number of H-pyrrole nitrogens is 1. The minimum atomic E-state index is -2.90. The van der Waals surface area contributed by atoms with E-state index in [1.807, 2.05) is 6.07 Å². The lowest BCUT2D eigenvalue weighted by Crippen LogP contribution is -2.10. The Morgan fingerprint density at radius 3 is 2.89 bits per heavy atom. The van der Waals surface area contributed by atoms with Crippen molar-refractivity contribution in [3.05, 3.63) is 34.3 Å². The van der Waals surface area contributed by atoms with Crippen LogP contribution in [0.2, 0.25) is 0 Å². The van der Waals surface area contributed by atoms with Gasteiger partial charge in [-0.25, -0.2) is 13.2 Å². The van der Waals surface area contributed by atoms with Gasteiger partial charge in [-0.3, -0.25) is 4.98 Å². The number of halogens is 1. The summed E-state index contributed by atoms with van der Waals surface area (Å²) in [6.07, 6.45) is 0.660. The van der Waals surface area contributed by atoms with Gasteiger partial charge < -0.3 is 4.42 Å². The Balaban J connectivity index is 1.93. The van der Waals surface area contributed by atoms with Crippen LogP contribution in [0.1, 0.15) is 16.8 Å². The second-order valence-corrected chi connectivity index (χ2v) is 8.05. The molecule has 7 heteroatoms. The van der Waals surface area contributed by atoms with E-state index in [1.54, 1.807) is 12.1 Å². The van der Waals surface area contributed by atoms with Crippen molar-refractivity contribution in [3.63, 3.8) is 0 Å². The minimum absolute atomic E-state index is 0.0469. The van der Waals surface area contributed by atoms with Crippen LogP contribution in [-0.4, -0.2) is 24.9 Å². The van der Waals surface area contributed by atoms with Crippen molar-refractivity contribution in [2.75, 3.05) is 11.5 Å². The van der Waals surface area contributed by atoms with E-state index in [1.165, 1.54) is 0 Å². The first-order chi connectivity index (χ1) is 8.94. The third-order valence-corrected chi connectivity index (χ3v) is 6.52. The maximum atomic E-state index is 11.5. The van der Waals surface area contributed by atoms with Crippen molar-refractivity contribution in [2.24, 2.45) is 5.92 Å². The molecule has 0 amide bonds. The molecule has 2 heterocycles. The van der Waals surface area contributed by atoms with Crippen LogP contribution in [0.4, 0.5) is 0 Å². The van der Waals surface area contributed by atoms with E-state index < -0.39 is 15.6 Å². The summed E-state index contributed by atoms with van der Waals surface area (Å²) in [7, 11) is -2.90. The van der Waals surface area contributed by atoms with E-state index in [4.69, 9.17) is 4.42 Å². The average Bonchev–Trinajstić information content (AvgIpc) is 2.88. The Kier molecular flexibility index (Phi) is 3.05. The summed E-state index contributed by atoms with van der Waals surface area (Å²) in [5.74, 6) is 0.0362. The molecule has 0 saturated carbocycles. The summed E-state index contributed by atoms with van der Waals surface area (Å²) in [6.45, 7) is 0. The molecular weight excluding hydrogens is 334 g/mol. The Morgan fingerprint density at radius 2 is 2.21 bits per heavy atom. The first-order valence-corrected chi connectivity index (χ1v) is 8.65. The zero-order valence-electron chi connectivity index (χ0n) is 9.93. The second-order valence-electron chi connectivity index (χ2n) is 4.83. The Morgan fingerprint density at radius 1 is 1.42 bits per heavy atom. The van der Waals surface area contributed by atoms with Crippen molar-refractivity contribution in [1.82, 2.24) is 4.98 Å². The van der Waals surface area contributed by atoms with Crippen molar-refractivity contribution >= 4 is 36.9 Å². The zero-order valence-corrected chi connectivity index (χ0v) is 12.3. The molecule has 19 heavy (non-hydrogen) atoms. The smallest absolute Gasteiger partial charge is 0.408 e. The molecule has 1 fully saturated rings. The molecule has 1 aliphatic rings. The van der Waals surface area contributed by atoms with Crippen LogP contribution < -0.4 is 5.76 Å². The highest BCUT2D eigenvalue weighted by molar-refractivity contribution is 9.09. The summed E-state index contributed by atoms with van der Waals surface area (Å²) < 4.78 is 28.0. The number of rotatable bonds is 2. The molecule has 102 valence electrons. The van der Waals surface area contributed by atoms with Crippen LogP contribution in [0.5, 0.6) is 0 Å².